The lowest BCUT2D eigenvalue weighted by atomic mass is 10.0. The quantitative estimate of drug-likeness (QED) is 0.661. The molecule has 0 saturated heterocycles. The van der Waals surface area contributed by atoms with Gasteiger partial charge in [0.05, 0.1) is 36.1 Å². The minimum Gasteiger partial charge on any atom is -0.493 e. The molecule has 1 atom stereocenters. The smallest absolute Gasteiger partial charge is 0.307 e. The van der Waals surface area contributed by atoms with Gasteiger partial charge in [0.25, 0.3) is 0 Å². The Morgan fingerprint density at radius 2 is 1.95 bits per heavy atom. The van der Waals surface area contributed by atoms with Crippen molar-refractivity contribution in [3.8, 4) is 11.5 Å². The molecule has 7 heteroatoms. The van der Waals surface area contributed by atoms with Gasteiger partial charge in [-0.2, -0.15) is 0 Å². The molecule has 0 aliphatic carbocycles. The van der Waals surface area contributed by atoms with Crippen LogP contribution in [0.2, 0.25) is 6.04 Å². The Bertz CT molecular complexity index is 502. The van der Waals surface area contributed by atoms with Gasteiger partial charge in [0.2, 0.25) is 0 Å². The van der Waals surface area contributed by atoms with Gasteiger partial charge in [-0.05, 0) is 17.7 Å². The Balaban J connectivity index is 2.66. The van der Waals surface area contributed by atoms with Gasteiger partial charge in [-0.15, -0.1) is 0 Å². The molecule has 0 aliphatic rings. The van der Waals surface area contributed by atoms with Gasteiger partial charge in [-0.1, -0.05) is 18.2 Å². The van der Waals surface area contributed by atoms with E-state index in [2.05, 4.69) is 0 Å². The van der Waals surface area contributed by atoms with E-state index in [0.29, 0.717) is 33.5 Å². The summed E-state index contributed by atoms with van der Waals surface area (Å²) in [6, 6.07) is 6.12. The summed E-state index contributed by atoms with van der Waals surface area (Å²) >= 11 is 0. The fourth-order valence-corrected chi connectivity index (χ4v) is 3.29. The Labute approximate surface area is 125 Å². The van der Waals surface area contributed by atoms with Crippen LogP contribution < -0.4 is 14.7 Å². The normalized spacial score (nSPS) is 11.7. The van der Waals surface area contributed by atoms with Crippen molar-refractivity contribution in [1.29, 1.82) is 0 Å². The number of rotatable bonds is 9. The fourth-order valence-electron chi connectivity index (χ4n) is 1.93. The molecule has 2 N–H and O–H groups in total. The first-order chi connectivity index (χ1) is 9.99. The predicted molar refractivity (Wildman–Crippen MR) is 77.7 cm³/mol. The summed E-state index contributed by atoms with van der Waals surface area (Å²) in [6.07, 6.45) is -0.0322. The van der Waals surface area contributed by atoms with Gasteiger partial charge in [-0.25, -0.2) is 0 Å². The second-order valence-corrected chi connectivity index (χ2v) is 5.78. The van der Waals surface area contributed by atoms with E-state index in [1.165, 1.54) is 0 Å². The highest BCUT2D eigenvalue weighted by Crippen LogP contribution is 2.23. The zero-order chi connectivity index (χ0) is 15.8. The third-order valence-corrected chi connectivity index (χ3v) is 4.29. The SMILES string of the molecule is COc1cccc([Si]CCC(CC(=O)O)C(=O)O)c1OC. The first kappa shape index (κ1) is 17.0. The molecule has 2 radical (unpaired) electrons. The molecule has 1 aromatic carbocycles. The molecule has 0 saturated carbocycles. The van der Waals surface area contributed by atoms with Crippen molar-refractivity contribution in [3.63, 3.8) is 0 Å². The van der Waals surface area contributed by atoms with E-state index < -0.39 is 17.9 Å². The summed E-state index contributed by atoms with van der Waals surface area (Å²) in [5.74, 6) is -1.75. The van der Waals surface area contributed by atoms with Crippen molar-refractivity contribution in [1.82, 2.24) is 0 Å². The number of para-hydroxylation sites is 1. The molecule has 0 bridgehead atoms. The first-order valence-corrected chi connectivity index (χ1v) is 7.59. The number of carboxylic acids is 2. The molecule has 1 aromatic rings. The van der Waals surface area contributed by atoms with E-state index >= 15 is 0 Å². The number of ether oxygens (including phenoxy) is 2. The lowest BCUT2D eigenvalue weighted by molar-refractivity contribution is -0.148. The van der Waals surface area contributed by atoms with E-state index in [1.807, 2.05) is 12.1 Å². The molecule has 6 nitrogen and oxygen atoms in total. The Hall–Kier alpha value is -2.02. The average Bonchev–Trinajstić information content (AvgIpc) is 2.45. The van der Waals surface area contributed by atoms with Crippen LogP contribution in [0.1, 0.15) is 12.8 Å². The zero-order valence-corrected chi connectivity index (χ0v) is 13.0. The molecule has 0 aromatic heterocycles. The summed E-state index contributed by atoms with van der Waals surface area (Å²) in [5, 5.41) is 18.6. The van der Waals surface area contributed by atoms with Crippen LogP contribution in [0.3, 0.4) is 0 Å². The number of carboxylic acid groups (broad SMARTS) is 2. The van der Waals surface area contributed by atoms with Crippen molar-refractivity contribution in [2.75, 3.05) is 14.2 Å². The van der Waals surface area contributed by atoms with Crippen LogP contribution in [0, 0.1) is 5.92 Å². The largest absolute Gasteiger partial charge is 0.493 e. The maximum atomic E-state index is 11.0. The lowest BCUT2D eigenvalue weighted by Gasteiger charge is -2.13. The van der Waals surface area contributed by atoms with Crippen molar-refractivity contribution < 1.29 is 29.3 Å². The van der Waals surface area contributed by atoms with Crippen LogP contribution in [0.15, 0.2) is 18.2 Å². The molecule has 1 rings (SSSR count). The van der Waals surface area contributed by atoms with E-state index in [0.717, 1.165) is 5.19 Å². The number of hydrogen-bond donors (Lipinski definition) is 2. The highest BCUT2D eigenvalue weighted by molar-refractivity contribution is 6.54. The Morgan fingerprint density at radius 3 is 2.48 bits per heavy atom. The number of hydrogen-bond acceptors (Lipinski definition) is 4. The average molecular weight is 310 g/mol. The highest BCUT2D eigenvalue weighted by atomic mass is 28.2. The topological polar surface area (TPSA) is 93.1 Å². The molecule has 114 valence electrons. The predicted octanol–water partition coefficient (Wildman–Crippen LogP) is 1.02. The summed E-state index contributed by atoms with van der Waals surface area (Å²) in [6.45, 7) is 0. The third-order valence-electron chi connectivity index (χ3n) is 2.98. The van der Waals surface area contributed by atoms with Crippen LogP contribution >= 0.6 is 0 Å². The van der Waals surface area contributed by atoms with E-state index in [-0.39, 0.29) is 6.42 Å². The van der Waals surface area contributed by atoms with Gasteiger partial charge >= 0.3 is 11.9 Å². The first-order valence-electron chi connectivity index (χ1n) is 6.39. The van der Waals surface area contributed by atoms with Gasteiger partial charge in [0, 0.05) is 0 Å². The number of carbonyl (C=O) groups is 2. The molecule has 0 heterocycles. The lowest BCUT2D eigenvalue weighted by Crippen LogP contribution is -2.22. The number of benzene rings is 1. The van der Waals surface area contributed by atoms with E-state index in [4.69, 9.17) is 19.7 Å². The molecule has 0 spiro atoms. The van der Waals surface area contributed by atoms with Crippen LogP contribution in [-0.2, 0) is 9.59 Å². The minimum absolute atomic E-state index is 0.320. The van der Waals surface area contributed by atoms with Crippen molar-refractivity contribution in [2.45, 2.75) is 18.9 Å². The van der Waals surface area contributed by atoms with Crippen molar-refractivity contribution in [2.24, 2.45) is 5.92 Å². The van der Waals surface area contributed by atoms with E-state index in [9.17, 15) is 9.59 Å². The Morgan fingerprint density at radius 1 is 1.24 bits per heavy atom. The summed E-state index contributed by atoms with van der Waals surface area (Å²) < 4.78 is 10.5. The van der Waals surface area contributed by atoms with Gasteiger partial charge in [0.15, 0.2) is 11.5 Å². The highest BCUT2D eigenvalue weighted by Gasteiger charge is 2.21. The fraction of sp³-hybridized carbons (Fsp3) is 0.429. The maximum Gasteiger partial charge on any atom is 0.307 e. The van der Waals surface area contributed by atoms with Gasteiger partial charge in [-0.3, -0.25) is 9.59 Å². The molecular formula is C14H18O6Si. The molecular weight excluding hydrogens is 292 g/mol. The molecule has 0 aliphatic heterocycles. The van der Waals surface area contributed by atoms with Crippen molar-refractivity contribution in [3.05, 3.63) is 18.2 Å². The van der Waals surface area contributed by atoms with Gasteiger partial charge < -0.3 is 19.7 Å². The second kappa shape index (κ2) is 8.31. The number of aliphatic carboxylic acids is 2. The van der Waals surface area contributed by atoms with Crippen LogP contribution in [0.25, 0.3) is 0 Å². The molecule has 0 amide bonds. The van der Waals surface area contributed by atoms with Crippen molar-refractivity contribution >= 4 is 26.6 Å². The molecule has 1 unspecified atom stereocenters. The minimum atomic E-state index is -1.09. The zero-order valence-electron chi connectivity index (χ0n) is 12.0. The second-order valence-electron chi connectivity index (χ2n) is 4.39. The molecule has 0 fully saturated rings. The maximum absolute atomic E-state index is 11.0. The number of methoxy groups -OCH3 is 2. The molecule has 21 heavy (non-hydrogen) atoms. The summed E-state index contributed by atoms with van der Waals surface area (Å²) in [5.41, 5.74) is 0. The standard InChI is InChI=1S/C14H18O6Si/c1-19-10-4-3-5-11(13(10)20-2)21-7-6-9(14(17)18)8-12(15)16/h3-5,9H,6-8H2,1-2H3,(H,15,16)(H,17,18). The monoisotopic (exact) mass is 310 g/mol. The van der Waals surface area contributed by atoms with Crippen LogP contribution in [0.5, 0.6) is 11.5 Å². The third kappa shape index (κ3) is 5.11. The van der Waals surface area contributed by atoms with Gasteiger partial charge in [0.1, 0.15) is 0 Å². The Kier molecular flexibility index (Phi) is 6.74. The summed E-state index contributed by atoms with van der Waals surface area (Å²) in [4.78, 5) is 21.6. The summed E-state index contributed by atoms with van der Waals surface area (Å²) in [7, 11) is 3.44. The van der Waals surface area contributed by atoms with Crippen LogP contribution in [-0.4, -0.2) is 45.9 Å². The van der Waals surface area contributed by atoms with E-state index in [1.54, 1.807) is 20.3 Å². The van der Waals surface area contributed by atoms with Crippen LogP contribution in [0.4, 0.5) is 0 Å².